The zero-order valence-corrected chi connectivity index (χ0v) is 18.9. The van der Waals surface area contributed by atoms with Gasteiger partial charge in [0.05, 0.1) is 5.69 Å². The van der Waals surface area contributed by atoms with Crippen molar-refractivity contribution in [3.05, 3.63) is 87.2 Å². The number of hydrogen-bond donors (Lipinski definition) is 1. The number of halogens is 1. The maximum Gasteiger partial charge on any atom is 0.335 e. The van der Waals surface area contributed by atoms with Crippen LogP contribution in [0.15, 0.2) is 54.1 Å². The molecule has 0 radical (unpaired) electrons. The molecule has 2 heterocycles. The third kappa shape index (κ3) is 3.85. The van der Waals surface area contributed by atoms with Crippen LogP contribution in [0.5, 0.6) is 0 Å². The van der Waals surface area contributed by atoms with Crippen molar-refractivity contribution < 1.29 is 14.4 Å². The lowest BCUT2D eigenvalue weighted by Crippen LogP contribution is -2.54. The predicted molar refractivity (Wildman–Crippen MR) is 125 cm³/mol. The molecule has 1 aromatic heterocycles. The Bertz CT molecular complexity index is 1280. The number of rotatable bonds is 3. The highest BCUT2D eigenvalue weighted by Crippen LogP contribution is 2.27. The molecule has 0 spiro atoms. The lowest BCUT2D eigenvalue weighted by molar-refractivity contribution is -0.122. The van der Waals surface area contributed by atoms with Crippen molar-refractivity contribution in [2.24, 2.45) is 0 Å². The molecule has 0 atom stereocenters. The van der Waals surface area contributed by atoms with Crippen molar-refractivity contribution in [1.29, 1.82) is 0 Å². The Labute approximate surface area is 191 Å². The summed E-state index contributed by atoms with van der Waals surface area (Å²) in [6.07, 6.45) is 1.54. The fraction of sp³-hybridized carbons (Fsp3) is 0.160. The summed E-state index contributed by atoms with van der Waals surface area (Å²) in [4.78, 5) is 39.0. The van der Waals surface area contributed by atoms with Crippen LogP contribution in [-0.4, -0.2) is 22.4 Å². The molecular formula is C25H22ClN3O3. The van der Waals surface area contributed by atoms with Gasteiger partial charge in [0.1, 0.15) is 5.57 Å². The molecule has 1 fully saturated rings. The molecule has 162 valence electrons. The number of barbiturate groups is 1. The molecule has 2 aromatic carbocycles. The summed E-state index contributed by atoms with van der Waals surface area (Å²) in [5.74, 6) is -1.40. The monoisotopic (exact) mass is 447 g/mol. The fourth-order valence-electron chi connectivity index (χ4n) is 4.05. The van der Waals surface area contributed by atoms with E-state index in [9.17, 15) is 14.4 Å². The van der Waals surface area contributed by atoms with E-state index in [-0.39, 0.29) is 5.57 Å². The van der Waals surface area contributed by atoms with Crippen LogP contribution in [0.3, 0.4) is 0 Å². The van der Waals surface area contributed by atoms with Gasteiger partial charge in [-0.15, -0.1) is 0 Å². The van der Waals surface area contributed by atoms with Crippen molar-refractivity contribution in [2.45, 2.75) is 27.7 Å². The van der Waals surface area contributed by atoms with Crippen LogP contribution in [0.2, 0.25) is 5.02 Å². The number of carbonyl (C=O) groups excluding carboxylic acids is 3. The molecule has 32 heavy (non-hydrogen) atoms. The second kappa shape index (κ2) is 8.13. The Hall–Kier alpha value is -3.64. The summed E-state index contributed by atoms with van der Waals surface area (Å²) in [7, 11) is 0. The van der Waals surface area contributed by atoms with Gasteiger partial charge >= 0.3 is 6.03 Å². The lowest BCUT2D eigenvalue weighted by Gasteiger charge is -2.26. The number of hydrogen-bond acceptors (Lipinski definition) is 3. The fourth-order valence-corrected chi connectivity index (χ4v) is 4.17. The van der Waals surface area contributed by atoms with Crippen molar-refractivity contribution in [1.82, 2.24) is 9.88 Å². The minimum atomic E-state index is -0.791. The molecule has 1 aliphatic heterocycles. The molecule has 0 saturated carbocycles. The van der Waals surface area contributed by atoms with Gasteiger partial charge in [0.25, 0.3) is 11.8 Å². The maximum atomic E-state index is 13.1. The second-order valence-corrected chi connectivity index (χ2v) is 8.38. The Morgan fingerprint density at radius 2 is 1.47 bits per heavy atom. The first-order valence-electron chi connectivity index (χ1n) is 10.1. The molecule has 4 rings (SSSR count). The largest absolute Gasteiger partial charge is 0.335 e. The SMILES string of the molecule is Cc1cc(C)cc(-n2c(C)cc(/C=C3\C(=O)NC(=O)N(c4ccc(Cl)cc4)C3=O)c2C)c1. The molecule has 1 aliphatic rings. The van der Waals surface area contributed by atoms with Crippen LogP contribution < -0.4 is 10.2 Å². The van der Waals surface area contributed by atoms with Gasteiger partial charge < -0.3 is 4.57 Å². The zero-order chi connectivity index (χ0) is 23.2. The summed E-state index contributed by atoms with van der Waals surface area (Å²) in [5, 5.41) is 2.73. The molecule has 4 amide bonds. The van der Waals surface area contributed by atoms with Gasteiger partial charge in [-0.05, 0) is 92.9 Å². The first kappa shape index (κ1) is 21.6. The van der Waals surface area contributed by atoms with Gasteiger partial charge in [-0.3, -0.25) is 14.9 Å². The van der Waals surface area contributed by atoms with E-state index in [0.29, 0.717) is 10.7 Å². The molecule has 1 saturated heterocycles. The quantitative estimate of drug-likeness (QED) is 0.452. The number of nitrogens with zero attached hydrogens (tertiary/aromatic N) is 2. The Morgan fingerprint density at radius 3 is 2.09 bits per heavy atom. The molecule has 0 aliphatic carbocycles. The minimum absolute atomic E-state index is 0.111. The van der Waals surface area contributed by atoms with Gasteiger partial charge in [0, 0.05) is 22.1 Å². The highest BCUT2D eigenvalue weighted by atomic mass is 35.5. The zero-order valence-electron chi connectivity index (χ0n) is 18.2. The van der Waals surface area contributed by atoms with Crippen molar-refractivity contribution >= 4 is 41.2 Å². The van der Waals surface area contributed by atoms with E-state index >= 15 is 0 Å². The topological polar surface area (TPSA) is 71.4 Å². The number of imide groups is 2. The van der Waals surface area contributed by atoms with Crippen molar-refractivity contribution in [3.8, 4) is 5.69 Å². The number of benzene rings is 2. The number of aryl methyl sites for hydroxylation is 3. The van der Waals surface area contributed by atoms with E-state index in [4.69, 9.17) is 11.6 Å². The summed E-state index contributed by atoms with van der Waals surface area (Å²) in [6.45, 7) is 7.99. The average Bonchev–Trinajstić information content (AvgIpc) is 2.98. The Morgan fingerprint density at radius 1 is 0.844 bits per heavy atom. The van der Waals surface area contributed by atoms with E-state index in [2.05, 4.69) is 28.1 Å². The highest BCUT2D eigenvalue weighted by molar-refractivity contribution is 6.39. The summed E-state index contributed by atoms with van der Waals surface area (Å²) in [5.41, 5.74) is 6.10. The second-order valence-electron chi connectivity index (χ2n) is 7.94. The van der Waals surface area contributed by atoms with Gasteiger partial charge in [-0.1, -0.05) is 17.7 Å². The van der Waals surface area contributed by atoms with Gasteiger partial charge in [-0.25, -0.2) is 9.69 Å². The van der Waals surface area contributed by atoms with Crippen LogP contribution in [0.4, 0.5) is 10.5 Å². The van der Waals surface area contributed by atoms with Crippen LogP contribution in [-0.2, 0) is 9.59 Å². The molecule has 0 bridgehead atoms. The molecule has 0 unspecified atom stereocenters. The van der Waals surface area contributed by atoms with E-state index < -0.39 is 17.8 Å². The van der Waals surface area contributed by atoms with E-state index in [1.54, 1.807) is 24.3 Å². The standard InChI is InChI=1S/C25H22ClN3O3/c1-14-9-15(2)11-21(10-14)28-16(3)12-18(17(28)4)13-22-23(30)27-25(32)29(24(22)31)20-7-5-19(26)6-8-20/h5-13H,1-4H3,(H,27,30,32)/b22-13+. The first-order chi connectivity index (χ1) is 15.2. The number of urea groups is 1. The van der Waals surface area contributed by atoms with Crippen LogP contribution in [0, 0.1) is 27.7 Å². The highest BCUT2D eigenvalue weighted by Gasteiger charge is 2.37. The molecule has 7 heteroatoms. The van der Waals surface area contributed by atoms with Gasteiger partial charge in [-0.2, -0.15) is 0 Å². The number of nitrogens with one attached hydrogen (secondary N) is 1. The number of anilines is 1. The van der Waals surface area contributed by atoms with Crippen LogP contribution in [0.25, 0.3) is 11.8 Å². The van der Waals surface area contributed by atoms with E-state index in [0.717, 1.165) is 38.7 Å². The Kier molecular flexibility index (Phi) is 5.48. The maximum absolute atomic E-state index is 13.1. The number of aromatic nitrogens is 1. The smallest absolute Gasteiger partial charge is 0.318 e. The van der Waals surface area contributed by atoms with Crippen molar-refractivity contribution in [2.75, 3.05) is 4.90 Å². The van der Waals surface area contributed by atoms with Crippen LogP contribution >= 0.6 is 11.6 Å². The first-order valence-corrected chi connectivity index (χ1v) is 10.5. The Balaban J connectivity index is 1.77. The molecule has 6 nitrogen and oxygen atoms in total. The third-order valence-electron chi connectivity index (χ3n) is 5.42. The van der Waals surface area contributed by atoms with E-state index in [1.807, 2.05) is 33.8 Å². The number of amides is 4. The van der Waals surface area contributed by atoms with E-state index in [1.165, 1.54) is 6.08 Å². The molecule has 1 N–H and O–H groups in total. The van der Waals surface area contributed by atoms with Gasteiger partial charge in [0.2, 0.25) is 0 Å². The lowest BCUT2D eigenvalue weighted by atomic mass is 10.1. The number of carbonyl (C=O) groups is 3. The van der Waals surface area contributed by atoms with Gasteiger partial charge in [0.15, 0.2) is 0 Å². The molecular weight excluding hydrogens is 426 g/mol. The summed E-state index contributed by atoms with van der Waals surface area (Å²) < 4.78 is 2.08. The summed E-state index contributed by atoms with van der Waals surface area (Å²) in [6, 6.07) is 13.7. The molecule has 3 aromatic rings. The van der Waals surface area contributed by atoms with Crippen LogP contribution in [0.1, 0.15) is 28.1 Å². The summed E-state index contributed by atoms with van der Waals surface area (Å²) >= 11 is 5.92. The average molecular weight is 448 g/mol. The normalized spacial score (nSPS) is 15.5. The third-order valence-corrected chi connectivity index (χ3v) is 5.67. The minimum Gasteiger partial charge on any atom is -0.318 e. The van der Waals surface area contributed by atoms with Crippen molar-refractivity contribution in [3.63, 3.8) is 0 Å². The predicted octanol–water partition coefficient (Wildman–Crippen LogP) is 5.03.